The number of fused-ring (bicyclic) bond motifs is 1. The average Bonchev–Trinajstić information content (AvgIpc) is 2.92. The highest BCUT2D eigenvalue weighted by Crippen LogP contribution is 2.31. The number of likely N-dealkylation sites (tertiary alicyclic amines) is 2. The van der Waals surface area contributed by atoms with E-state index in [1.165, 1.54) is 25.1 Å². The van der Waals surface area contributed by atoms with Gasteiger partial charge in [0.2, 0.25) is 5.96 Å². The summed E-state index contributed by atoms with van der Waals surface area (Å²) >= 11 is 0. The Hall–Kier alpha value is -1.59. The minimum absolute atomic E-state index is 0.729. The van der Waals surface area contributed by atoms with Crippen molar-refractivity contribution in [3.63, 3.8) is 0 Å². The molecule has 0 radical (unpaired) electrons. The summed E-state index contributed by atoms with van der Waals surface area (Å²) < 4.78 is 0. The molecule has 2 unspecified atom stereocenters. The van der Waals surface area contributed by atoms with E-state index in [-0.39, 0.29) is 0 Å². The number of nitrogens with one attached hydrogen (secondary N) is 1. The molecule has 5 heteroatoms. The lowest BCUT2D eigenvalue weighted by atomic mass is 9.88. The molecule has 0 saturated carbocycles. The van der Waals surface area contributed by atoms with Gasteiger partial charge in [0.05, 0.1) is 0 Å². The Kier molecular flexibility index (Phi) is 4.41. The Bertz CT molecular complexity index is 487. The number of guanidine groups is 1. The molecule has 0 amide bonds. The van der Waals surface area contributed by atoms with Crippen molar-refractivity contribution in [3.05, 3.63) is 35.9 Å². The maximum atomic E-state index is 5.55. The first-order chi connectivity index (χ1) is 10.3. The molecular formula is C16H25N5. The Balaban J connectivity index is 1.59. The highest BCUT2D eigenvalue weighted by molar-refractivity contribution is 5.79. The van der Waals surface area contributed by atoms with Gasteiger partial charge < -0.3 is 4.90 Å². The molecule has 5 nitrogen and oxygen atoms in total. The quantitative estimate of drug-likeness (QED) is 0.367. The van der Waals surface area contributed by atoms with E-state index in [1.54, 1.807) is 7.05 Å². The second kappa shape index (κ2) is 6.45. The SMILES string of the molecule is CN=C(NN)N1CC2CCN(Cc3ccccc3)CC2C1. The topological polar surface area (TPSA) is 56.9 Å². The maximum Gasteiger partial charge on any atom is 0.208 e. The van der Waals surface area contributed by atoms with Crippen LogP contribution in [0.25, 0.3) is 0 Å². The van der Waals surface area contributed by atoms with Crippen LogP contribution in [0.15, 0.2) is 35.3 Å². The number of hydrogen-bond acceptors (Lipinski definition) is 3. The number of rotatable bonds is 2. The molecule has 1 aromatic carbocycles. The van der Waals surface area contributed by atoms with Gasteiger partial charge in [-0.15, -0.1) is 0 Å². The molecule has 0 aromatic heterocycles. The van der Waals surface area contributed by atoms with Gasteiger partial charge in [-0.1, -0.05) is 30.3 Å². The molecule has 3 rings (SSSR count). The molecule has 0 bridgehead atoms. The van der Waals surface area contributed by atoms with Gasteiger partial charge in [-0.3, -0.25) is 15.3 Å². The minimum atomic E-state index is 0.729. The number of hydrogen-bond donors (Lipinski definition) is 2. The van der Waals surface area contributed by atoms with Crippen LogP contribution in [-0.2, 0) is 6.54 Å². The van der Waals surface area contributed by atoms with Crippen LogP contribution in [0.2, 0.25) is 0 Å². The van der Waals surface area contributed by atoms with Crippen LogP contribution in [0.3, 0.4) is 0 Å². The van der Waals surface area contributed by atoms with E-state index in [2.05, 4.69) is 50.5 Å². The summed E-state index contributed by atoms with van der Waals surface area (Å²) in [6.07, 6.45) is 1.27. The first-order valence-corrected chi connectivity index (χ1v) is 7.74. The number of piperidine rings is 1. The van der Waals surface area contributed by atoms with Crippen molar-refractivity contribution < 1.29 is 0 Å². The lowest BCUT2D eigenvalue weighted by Crippen LogP contribution is -2.44. The van der Waals surface area contributed by atoms with Gasteiger partial charge in [0.1, 0.15) is 0 Å². The molecule has 2 saturated heterocycles. The summed E-state index contributed by atoms with van der Waals surface area (Å²) in [5.41, 5.74) is 4.12. The zero-order valence-electron chi connectivity index (χ0n) is 12.7. The Morgan fingerprint density at radius 3 is 2.71 bits per heavy atom. The van der Waals surface area contributed by atoms with Gasteiger partial charge in [0, 0.05) is 33.2 Å². The Labute approximate surface area is 126 Å². The Morgan fingerprint density at radius 2 is 2.00 bits per heavy atom. The number of hydrazine groups is 1. The Morgan fingerprint density at radius 1 is 1.24 bits per heavy atom. The molecule has 114 valence electrons. The van der Waals surface area contributed by atoms with Crippen LogP contribution >= 0.6 is 0 Å². The van der Waals surface area contributed by atoms with E-state index in [0.717, 1.165) is 37.4 Å². The summed E-state index contributed by atoms with van der Waals surface area (Å²) in [7, 11) is 1.79. The largest absolute Gasteiger partial charge is 0.341 e. The minimum Gasteiger partial charge on any atom is -0.341 e. The number of nitrogens with two attached hydrogens (primary N) is 1. The predicted molar refractivity (Wildman–Crippen MR) is 85.6 cm³/mol. The zero-order valence-corrected chi connectivity index (χ0v) is 12.7. The fourth-order valence-corrected chi connectivity index (χ4v) is 3.70. The molecule has 2 heterocycles. The third-order valence-electron chi connectivity index (χ3n) is 4.77. The summed E-state index contributed by atoms with van der Waals surface area (Å²) in [5.74, 6) is 7.88. The molecular weight excluding hydrogens is 262 g/mol. The van der Waals surface area contributed by atoms with Gasteiger partial charge in [0.25, 0.3) is 0 Å². The van der Waals surface area contributed by atoms with Crippen molar-refractivity contribution in [3.8, 4) is 0 Å². The van der Waals surface area contributed by atoms with E-state index in [0.29, 0.717) is 0 Å². The smallest absolute Gasteiger partial charge is 0.208 e. The number of aliphatic imine (C=N–C) groups is 1. The van der Waals surface area contributed by atoms with Gasteiger partial charge in [0.15, 0.2) is 0 Å². The molecule has 21 heavy (non-hydrogen) atoms. The van der Waals surface area contributed by atoms with Crippen molar-refractivity contribution in [1.29, 1.82) is 0 Å². The predicted octanol–water partition coefficient (Wildman–Crippen LogP) is 0.889. The van der Waals surface area contributed by atoms with Crippen LogP contribution in [0, 0.1) is 11.8 Å². The second-order valence-electron chi connectivity index (χ2n) is 6.13. The average molecular weight is 287 g/mol. The van der Waals surface area contributed by atoms with Gasteiger partial charge in [-0.2, -0.15) is 0 Å². The number of nitrogens with zero attached hydrogens (tertiary/aromatic N) is 3. The number of benzene rings is 1. The third-order valence-corrected chi connectivity index (χ3v) is 4.77. The summed E-state index contributed by atoms with van der Waals surface area (Å²) in [5, 5.41) is 0. The van der Waals surface area contributed by atoms with E-state index >= 15 is 0 Å². The zero-order chi connectivity index (χ0) is 14.7. The van der Waals surface area contributed by atoms with Crippen LogP contribution in [-0.4, -0.2) is 49.0 Å². The van der Waals surface area contributed by atoms with E-state index in [4.69, 9.17) is 5.84 Å². The lowest BCUT2D eigenvalue weighted by Gasteiger charge is -2.34. The monoisotopic (exact) mass is 287 g/mol. The van der Waals surface area contributed by atoms with Crippen molar-refractivity contribution in [2.75, 3.05) is 33.2 Å². The van der Waals surface area contributed by atoms with Crippen LogP contribution in [0.5, 0.6) is 0 Å². The second-order valence-corrected chi connectivity index (χ2v) is 6.13. The molecule has 0 spiro atoms. The van der Waals surface area contributed by atoms with E-state index < -0.39 is 0 Å². The van der Waals surface area contributed by atoms with Crippen molar-refractivity contribution in [1.82, 2.24) is 15.2 Å². The molecule has 2 atom stereocenters. The van der Waals surface area contributed by atoms with Gasteiger partial charge >= 0.3 is 0 Å². The summed E-state index contributed by atoms with van der Waals surface area (Å²) in [4.78, 5) is 9.10. The molecule has 2 fully saturated rings. The van der Waals surface area contributed by atoms with Gasteiger partial charge in [-0.05, 0) is 30.4 Å². The maximum absolute atomic E-state index is 5.55. The first kappa shape index (κ1) is 14.4. The molecule has 0 aliphatic carbocycles. The fraction of sp³-hybridized carbons (Fsp3) is 0.562. The highest BCUT2D eigenvalue weighted by atomic mass is 15.4. The summed E-state index contributed by atoms with van der Waals surface area (Å²) in [6, 6.07) is 10.8. The molecule has 1 aromatic rings. The first-order valence-electron chi connectivity index (χ1n) is 7.74. The summed E-state index contributed by atoms with van der Waals surface area (Å²) in [6.45, 7) is 5.58. The lowest BCUT2D eigenvalue weighted by molar-refractivity contribution is 0.142. The normalized spacial score (nSPS) is 26.8. The van der Waals surface area contributed by atoms with Crippen molar-refractivity contribution in [2.45, 2.75) is 13.0 Å². The van der Waals surface area contributed by atoms with Gasteiger partial charge in [-0.25, -0.2) is 5.84 Å². The fourth-order valence-electron chi connectivity index (χ4n) is 3.70. The van der Waals surface area contributed by atoms with Crippen molar-refractivity contribution in [2.24, 2.45) is 22.7 Å². The van der Waals surface area contributed by atoms with Crippen LogP contribution < -0.4 is 11.3 Å². The van der Waals surface area contributed by atoms with E-state index in [1.807, 2.05) is 0 Å². The van der Waals surface area contributed by atoms with Crippen LogP contribution in [0.1, 0.15) is 12.0 Å². The van der Waals surface area contributed by atoms with E-state index in [9.17, 15) is 0 Å². The molecule has 3 N–H and O–H groups in total. The molecule has 2 aliphatic heterocycles. The standard InChI is InChI=1S/C16H25N5/c1-18-16(19-17)21-11-14-7-8-20(10-15(14)12-21)9-13-5-3-2-4-6-13/h2-6,14-15H,7-12,17H2,1H3,(H,18,19). The van der Waals surface area contributed by atoms with Crippen molar-refractivity contribution >= 4 is 5.96 Å². The van der Waals surface area contributed by atoms with Crippen LogP contribution in [0.4, 0.5) is 0 Å². The molecule has 2 aliphatic rings. The third kappa shape index (κ3) is 3.19. The highest BCUT2D eigenvalue weighted by Gasteiger charge is 2.37.